The minimum atomic E-state index is -2.92. The number of ether oxygens (including phenoxy) is 2. The van der Waals surface area contributed by atoms with Crippen molar-refractivity contribution in [3.63, 3.8) is 0 Å². The molecule has 1 atom stereocenters. The summed E-state index contributed by atoms with van der Waals surface area (Å²) in [4.78, 5) is 11.4. The van der Waals surface area contributed by atoms with Crippen LogP contribution in [0.3, 0.4) is 0 Å². The molecule has 1 aromatic rings. The number of carbonyl (C=O) groups is 1. The normalized spacial score (nSPS) is 12.1. The monoisotopic (exact) mass is 302 g/mol. The second-order valence-electron chi connectivity index (χ2n) is 4.65. The molecule has 0 aliphatic heterocycles. The average Bonchev–Trinajstić information content (AvgIpc) is 2.37. The molecule has 1 unspecified atom stereocenters. The van der Waals surface area contributed by atoms with E-state index in [1.54, 1.807) is 19.1 Å². The van der Waals surface area contributed by atoms with Crippen molar-refractivity contribution in [3.8, 4) is 11.5 Å². The lowest BCUT2D eigenvalue weighted by Gasteiger charge is -2.12. The minimum absolute atomic E-state index is 0.0214. The van der Waals surface area contributed by atoms with Gasteiger partial charge in [-0.2, -0.15) is 8.78 Å². The number of benzene rings is 1. The highest BCUT2D eigenvalue weighted by atomic mass is 19.3. The number of nitrogens with one attached hydrogen (secondary N) is 1. The predicted molar refractivity (Wildman–Crippen MR) is 74.6 cm³/mol. The molecule has 1 aromatic carbocycles. The van der Waals surface area contributed by atoms with Gasteiger partial charge in [0.1, 0.15) is 0 Å². The molecule has 0 spiro atoms. The first-order valence-corrected chi connectivity index (χ1v) is 6.56. The predicted octanol–water partition coefficient (Wildman–Crippen LogP) is 1.69. The van der Waals surface area contributed by atoms with Gasteiger partial charge in [0, 0.05) is 19.0 Å². The number of methoxy groups -OCH3 is 1. The van der Waals surface area contributed by atoms with Crippen molar-refractivity contribution in [3.05, 3.63) is 23.8 Å². The number of hydrogen-bond donors (Lipinski definition) is 2. The van der Waals surface area contributed by atoms with Crippen molar-refractivity contribution in [2.45, 2.75) is 32.4 Å². The van der Waals surface area contributed by atoms with Crippen molar-refractivity contribution in [1.82, 2.24) is 5.32 Å². The number of carbonyl (C=O) groups excluding carboxylic acids is 1. The highest BCUT2D eigenvalue weighted by Gasteiger charge is 2.11. The molecule has 3 N–H and O–H groups in total. The highest BCUT2D eigenvalue weighted by molar-refractivity contribution is 5.76. The average molecular weight is 302 g/mol. The SMILES string of the molecule is COc1ccc(CCNC(=O)CC(C)N)cc1OC(F)F. The zero-order valence-electron chi connectivity index (χ0n) is 12.1. The van der Waals surface area contributed by atoms with Gasteiger partial charge in [-0.15, -0.1) is 0 Å². The Bertz CT molecular complexity index is 468. The van der Waals surface area contributed by atoms with Gasteiger partial charge in [0.2, 0.25) is 5.91 Å². The summed E-state index contributed by atoms with van der Waals surface area (Å²) in [5.74, 6) is 0.0783. The van der Waals surface area contributed by atoms with Gasteiger partial charge >= 0.3 is 6.61 Å². The fraction of sp³-hybridized carbons (Fsp3) is 0.500. The van der Waals surface area contributed by atoms with E-state index in [0.717, 1.165) is 5.56 Å². The lowest BCUT2D eigenvalue weighted by Crippen LogP contribution is -2.31. The second-order valence-corrected chi connectivity index (χ2v) is 4.65. The lowest BCUT2D eigenvalue weighted by molar-refractivity contribution is -0.121. The first kappa shape index (κ1) is 17.2. The van der Waals surface area contributed by atoms with E-state index < -0.39 is 6.61 Å². The highest BCUT2D eigenvalue weighted by Crippen LogP contribution is 2.29. The van der Waals surface area contributed by atoms with Gasteiger partial charge in [-0.05, 0) is 31.0 Å². The Kier molecular flexibility index (Phi) is 6.87. The van der Waals surface area contributed by atoms with Gasteiger partial charge in [0.25, 0.3) is 0 Å². The number of hydrogen-bond acceptors (Lipinski definition) is 4. The van der Waals surface area contributed by atoms with E-state index in [4.69, 9.17) is 10.5 Å². The summed E-state index contributed by atoms with van der Waals surface area (Å²) in [5, 5.41) is 2.71. The van der Waals surface area contributed by atoms with Crippen molar-refractivity contribution < 1.29 is 23.0 Å². The van der Waals surface area contributed by atoms with Crippen LogP contribution in [0.5, 0.6) is 11.5 Å². The van der Waals surface area contributed by atoms with E-state index in [1.165, 1.54) is 13.2 Å². The fourth-order valence-corrected chi connectivity index (χ4v) is 1.78. The fourth-order valence-electron chi connectivity index (χ4n) is 1.78. The quantitative estimate of drug-likeness (QED) is 0.766. The standard InChI is InChI=1S/C14H20F2N2O3/c1-9(17)7-13(19)18-6-5-10-3-4-11(20-2)12(8-10)21-14(15)16/h3-4,8-9,14H,5-7,17H2,1-2H3,(H,18,19). The number of rotatable bonds is 8. The van der Waals surface area contributed by atoms with Gasteiger partial charge in [0.05, 0.1) is 7.11 Å². The number of nitrogens with two attached hydrogens (primary N) is 1. The largest absolute Gasteiger partial charge is 0.493 e. The summed E-state index contributed by atoms with van der Waals surface area (Å²) in [7, 11) is 1.38. The van der Waals surface area contributed by atoms with Gasteiger partial charge in [-0.3, -0.25) is 4.79 Å². The van der Waals surface area contributed by atoms with E-state index in [0.29, 0.717) is 13.0 Å². The van der Waals surface area contributed by atoms with Crippen molar-refractivity contribution in [2.24, 2.45) is 5.73 Å². The maximum absolute atomic E-state index is 12.3. The van der Waals surface area contributed by atoms with Gasteiger partial charge < -0.3 is 20.5 Å². The van der Waals surface area contributed by atoms with Crippen LogP contribution in [0.2, 0.25) is 0 Å². The molecule has 5 nitrogen and oxygen atoms in total. The van der Waals surface area contributed by atoms with Crippen LogP contribution < -0.4 is 20.5 Å². The molecule has 1 rings (SSSR count). The summed E-state index contributed by atoms with van der Waals surface area (Å²) in [6.45, 7) is -0.775. The van der Waals surface area contributed by atoms with Crippen LogP contribution in [0.1, 0.15) is 18.9 Å². The Morgan fingerprint density at radius 2 is 2.10 bits per heavy atom. The summed E-state index contributed by atoms with van der Waals surface area (Å²) in [6, 6.07) is 4.56. The summed E-state index contributed by atoms with van der Waals surface area (Å²) < 4.78 is 33.9. The lowest BCUT2D eigenvalue weighted by atomic mass is 10.1. The van der Waals surface area contributed by atoms with E-state index >= 15 is 0 Å². The molecule has 0 fully saturated rings. The smallest absolute Gasteiger partial charge is 0.387 e. The third-order valence-electron chi connectivity index (χ3n) is 2.69. The maximum atomic E-state index is 12.3. The van der Waals surface area contributed by atoms with Crippen LogP contribution in [0.15, 0.2) is 18.2 Å². The number of halogens is 2. The molecule has 0 aliphatic rings. The Morgan fingerprint density at radius 1 is 1.38 bits per heavy atom. The molecule has 1 amide bonds. The third-order valence-corrected chi connectivity index (χ3v) is 2.69. The minimum Gasteiger partial charge on any atom is -0.493 e. The second kappa shape index (κ2) is 8.41. The molecule has 0 aromatic heterocycles. The van der Waals surface area contributed by atoms with Crippen LogP contribution >= 0.6 is 0 Å². The molecular formula is C14H20F2N2O3. The van der Waals surface area contributed by atoms with Crippen LogP contribution in [0.4, 0.5) is 8.78 Å². The van der Waals surface area contributed by atoms with E-state index in [1.807, 2.05) is 0 Å². The van der Waals surface area contributed by atoms with Gasteiger partial charge in [0.15, 0.2) is 11.5 Å². The van der Waals surface area contributed by atoms with Crippen LogP contribution in [-0.2, 0) is 11.2 Å². The molecule has 0 aliphatic carbocycles. The van der Waals surface area contributed by atoms with Crippen molar-refractivity contribution in [1.29, 1.82) is 0 Å². The van der Waals surface area contributed by atoms with Crippen LogP contribution in [0.25, 0.3) is 0 Å². The van der Waals surface area contributed by atoms with Crippen LogP contribution in [0, 0.1) is 0 Å². The number of amides is 1. The Hall–Kier alpha value is -1.89. The first-order chi connectivity index (χ1) is 9.92. The molecule has 0 heterocycles. The van der Waals surface area contributed by atoms with Gasteiger partial charge in [-0.25, -0.2) is 0 Å². The maximum Gasteiger partial charge on any atom is 0.387 e. The zero-order chi connectivity index (χ0) is 15.8. The van der Waals surface area contributed by atoms with E-state index in [2.05, 4.69) is 10.1 Å². The van der Waals surface area contributed by atoms with Crippen molar-refractivity contribution >= 4 is 5.91 Å². The summed E-state index contributed by atoms with van der Waals surface area (Å²) in [5.41, 5.74) is 6.27. The van der Waals surface area contributed by atoms with E-state index in [-0.39, 0.29) is 29.9 Å². The van der Waals surface area contributed by atoms with Gasteiger partial charge in [-0.1, -0.05) is 6.07 Å². The molecule has 118 valence electrons. The topological polar surface area (TPSA) is 73.6 Å². The Morgan fingerprint density at radius 3 is 2.67 bits per heavy atom. The zero-order valence-corrected chi connectivity index (χ0v) is 12.1. The molecule has 0 radical (unpaired) electrons. The molecule has 0 saturated heterocycles. The molecule has 7 heteroatoms. The van der Waals surface area contributed by atoms with Crippen LogP contribution in [-0.4, -0.2) is 32.2 Å². The third kappa shape index (κ3) is 6.40. The molecule has 0 saturated carbocycles. The molecule has 21 heavy (non-hydrogen) atoms. The Balaban J connectivity index is 2.57. The summed E-state index contributed by atoms with van der Waals surface area (Å²) in [6.07, 6.45) is 0.747. The first-order valence-electron chi connectivity index (χ1n) is 6.56. The molecule has 0 bridgehead atoms. The van der Waals surface area contributed by atoms with Crippen molar-refractivity contribution in [2.75, 3.05) is 13.7 Å². The number of alkyl halides is 2. The summed E-state index contributed by atoms with van der Waals surface area (Å²) >= 11 is 0. The molecular weight excluding hydrogens is 282 g/mol. The Labute approximate surface area is 122 Å². The van der Waals surface area contributed by atoms with E-state index in [9.17, 15) is 13.6 Å².